The quantitative estimate of drug-likeness (QED) is 0.443. The largest absolute Gasteiger partial charge is 0.444 e. The van der Waals surface area contributed by atoms with Gasteiger partial charge in [0.1, 0.15) is 5.60 Å². The van der Waals surface area contributed by atoms with Gasteiger partial charge in [-0.25, -0.2) is 4.79 Å². The highest BCUT2D eigenvalue weighted by atomic mass is 127. The molecule has 8 nitrogen and oxygen atoms in total. The number of rotatable bonds is 6. The number of halogens is 1. The molecule has 2 aliphatic heterocycles. The molecule has 0 spiro atoms. The van der Waals surface area contributed by atoms with Gasteiger partial charge in [0.05, 0.1) is 25.8 Å². The Morgan fingerprint density at radius 2 is 2.12 bits per heavy atom. The van der Waals surface area contributed by atoms with Gasteiger partial charge in [-0.15, -0.1) is 24.0 Å². The zero-order valence-corrected chi connectivity index (χ0v) is 17.7. The molecule has 1 unspecified atom stereocenters. The molecule has 0 aromatic heterocycles. The highest BCUT2D eigenvalue weighted by Gasteiger charge is 2.36. The summed E-state index contributed by atoms with van der Waals surface area (Å²) in [6, 6.07) is 0.222. The van der Waals surface area contributed by atoms with E-state index in [0.29, 0.717) is 32.8 Å². The van der Waals surface area contributed by atoms with E-state index in [0.717, 1.165) is 25.5 Å². The van der Waals surface area contributed by atoms with Crippen molar-refractivity contribution in [2.24, 2.45) is 4.99 Å². The monoisotopic (exact) mass is 470 g/mol. The lowest BCUT2D eigenvalue weighted by Gasteiger charge is -2.39. The Morgan fingerprint density at radius 3 is 2.80 bits per heavy atom. The first-order chi connectivity index (χ1) is 11.4. The number of amides is 1. The molecule has 2 aliphatic rings. The third-order valence-electron chi connectivity index (χ3n) is 3.84. The van der Waals surface area contributed by atoms with E-state index in [1.54, 1.807) is 4.90 Å². The number of aliphatic imine (C=N–C) groups is 1. The number of hydrogen-bond acceptors (Lipinski definition) is 7. The molecule has 0 aromatic rings. The number of fused-ring (bicyclic) bond motifs is 1. The number of aliphatic hydroxyl groups is 1. The Bertz CT molecular complexity index is 456. The molecule has 2 heterocycles. The van der Waals surface area contributed by atoms with Crippen molar-refractivity contribution in [3.63, 3.8) is 0 Å². The average Bonchev–Trinajstić information content (AvgIpc) is 2.91. The molecule has 0 radical (unpaired) electrons. The Hall–Kier alpha value is -0.810. The molecule has 0 saturated carbocycles. The molecule has 1 amide bonds. The SMILES string of the molecule is CC(C)(C)OC(=O)N1CCN2C(NCCCOCCO)=NCC2C1.I. The lowest BCUT2D eigenvalue weighted by atomic mass is 10.2. The van der Waals surface area contributed by atoms with Crippen LogP contribution in [-0.2, 0) is 9.47 Å². The second-order valence-corrected chi connectivity index (χ2v) is 7.05. The number of nitrogens with zero attached hydrogens (tertiary/aromatic N) is 3. The van der Waals surface area contributed by atoms with Gasteiger partial charge in [-0.05, 0) is 27.2 Å². The van der Waals surface area contributed by atoms with Crippen LogP contribution < -0.4 is 5.32 Å². The molecule has 2 N–H and O–H groups in total. The van der Waals surface area contributed by atoms with E-state index in [1.807, 2.05) is 20.8 Å². The van der Waals surface area contributed by atoms with Crippen molar-refractivity contribution >= 4 is 36.0 Å². The van der Waals surface area contributed by atoms with Crippen molar-refractivity contribution in [1.82, 2.24) is 15.1 Å². The minimum absolute atomic E-state index is 0. The third kappa shape index (κ3) is 7.14. The van der Waals surface area contributed by atoms with Crippen molar-refractivity contribution in [3.8, 4) is 0 Å². The van der Waals surface area contributed by atoms with Crippen LogP contribution in [0.15, 0.2) is 4.99 Å². The second kappa shape index (κ2) is 10.4. The van der Waals surface area contributed by atoms with Gasteiger partial charge < -0.3 is 29.7 Å². The van der Waals surface area contributed by atoms with Crippen LogP contribution in [-0.4, -0.2) is 91.1 Å². The molecule has 1 atom stereocenters. The molecular weight excluding hydrogens is 439 g/mol. The summed E-state index contributed by atoms with van der Waals surface area (Å²) < 4.78 is 10.7. The third-order valence-corrected chi connectivity index (χ3v) is 3.84. The fourth-order valence-electron chi connectivity index (χ4n) is 2.76. The summed E-state index contributed by atoms with van der Waals surface area (Å²) >= 11 is 0. The standard InChI is InChI=1S/C16H30N4O4.HI/c1-16(2,3)24-15(22)19-6-7-20-13(12-19)11-18-14(20)17-5-4-9-23-10-8-21;/h13,21H,4-12H2,1-3H3,(H,17,18);1H. The summed E-state index contributed by atoms with van der Waals surface area (Å²) in [7, 11) is 0. The van der Waals surface area contributed by atoms with E-state index < -0.39 is 5.60 Å². The van der Waals surface area contributed by atoms with Crippen LogP contribution in [0.1, 0.15) is 27.2 Å². The predicted octanol–water partition coefficient (Wildman–Crippen LogP) is 0.884. The summed E-state index contributed by atoms with van der Waals surface area (Å²) in [6.45, 7) is 10.2. The highest BCUT2D eigenvalue weighted by molar-refractivity contribution is 14.0. The van der Waals surface area contributed by atoms with Crippen molar-refractivity contribution < 1.29 is 19.4 Å². The predicted molar refractivity (Wildman–Crippen MR) is 107 cm³/mol. The first-order valence-corrected chi connectivity index (χ1v) is 8.62. The number of piperazine rings is 1. The highest BCUT2D eigenvalue weighted by Crippen LogP contribution is 2.18. The topological polar surface area (TPSA) is 86.6 Å². The summed E-state index contributed by atoms with van der Waals surface area (Å²) in [6.07, 6.45) is 0.617. The maximum Gasteiger partial charge on any atom is 0.410 e. The minimum Gasteiger partial charge on any atom is -0.444 e. The van der Waals surface area contributed by atoms with Crippen LogP contribution in [0, 0.1) is 0 Å². The van der Waals surface area contributed by atoms with Gasteiger partial charge in [0.25, 0.3) is 0 Å². The first-order valence-electron chi connectivity index (χ1n) is 8.62. The summed E-state index contributed by atoms with van der Waals surface area (Å²) in [4.78, 5) is 20.7. The Kier molecular flexibility index (Phi) is 9.22. The van der Waals surface area contributed by atoms with Crippen LogP contribution in [0.2, 0.25) is 0 Å². The number of nitrogens with one attached hydrogen (secondary N) is 1. The Morgan fingerprint density at radius 1 is 1.36 bits per heavy atom. The molecule has 0 bridgehead atoms. The lowest BCUT2D eigenvalue weighted by Crippen LogP contribution is -2.57. The van der Waals surface area contributed by atoms with Crippen LogP contribution >= 0.6 is 24.0 Å². The van der Waals surface area contributed by atoms with E-state index in [2.05, 4.69) is 15.2 Å². The minimum atomic E-state index is -0.467. The Balaban J connectivity index is 0.00000312. The molecule has 1 saturated heterocycles. The zero-order chi connectivity index (χ0) is 17.6. The maximum absolute atomic E-state index is 12.2. The number of guanidine groups is 1. The molecule has 1 fully saturated rings. The summed E-state index contributed by atoms with van der Waals surface area (Å²) in [5.41, 5.74) is -0.467. The second-order valence-electron chi connectivity index (χ2n) is 7.05. The fourth-order valence-corrected chi connectivity index (χ4v) is 2.76. The van der Waals surface area contributed by atoms with E-state index in [4.69, 9.17) is 14.6 Å². The molecular formula is C16H31IN4O4. The van der Waals surface area contributed by atoms with Gasteiger partial charge in [0.15, 0.2) is 5.96 Å². The molecule has 146 valence electrons. The van der Waals surface area contributed by atoms with E-state index in [1.165, 1.54) is 0 Å². The van der Waals surface area contributed by atoms with Gasteiger partial charge in [-0.3, -0.25) is 4.99 Å². The van der Waals surface area contributed by atoms with Crippen molar-refractivity contribution in [3.05, 3.63) is 0 Å². The number of carbonyl (C=O) groups is 1. The van der Waals surface area contributed by atoms with E-state index in [-0.39, 0.29) is 42.7 Å². The van der Waals surface area contributed by atoms with Gasteiger partial charge in [-0.2, -0.15) is 0 Å². The summed E-state index contributed by atoms with van der Waals surface area (Å²) in [5, 5.41) is 12.0. The molecule has 0 aliphatic carbocycles. The molecule has 2 rings (SSSR count). The van der Waals surface area contributed by atoms with Crippen molar-refractivity contribution in [2.75, 3.05) is 52.5 Å². The number of hydrogen-bond donors (Lipinski definition) is 2. The van der Waals surface area contributed by atoms with Crippen LogP contribution in [0.25, 0.3) is 0 Å². The fraction of sp³-hybridized carbons (Fsp3) is 0.875. The van der Waals surface area contributed by atoms with Gasteiger partial charge in [0, 0.05) is 32.8 Å². The average molecular weight is 470 g/mol. The number of carbonyl (C=O) groups excluding carboxylic acids is 1. The summed E-state index contributed by atoms with van der Waals surface area (Å²) in [5.74, 6) is 0.908. The normalized spacial score (nSPS) is 19.8. The van der Waals surface area contributed by atoms with Gasteiger partial charge in [0.2, 0.25) is 0 Å². The van der Waals surface area contributed by atoms with Gasteiger partial charge in [-0.1, -0.05) is 0 Å². The first kappa shape index (κ1) is 22.2. The van der Waals surface area contributed by atoms with E-state index in [9.17, 15) is 4.79 Å². The number of ether oxygens (including phenoxy) is 2. The van der Waals surface area contributed by atoms with Crippen molar-refractivity contribution in [2.45, 2.75) is 38.8 Å². The molecule has 25 heavy (non-hydrogen) atoms. The smallest absolute Gasteiger partial charge is 0.410 e. The molecule has 0 aromatic carbocycles. The van der Waals surface area contributed by atoms with E-state index >= 15 is 0 Å². The van der Waals surface area contributed by atoms with Crippen molar-refractivity contribution in [1.29, 1.82) is 0 Å². The lowest BCUT2D eigenvalue weighted by molar-refractivity contribution is 0.0137. The number of aliphatic hydroxyl groups excluding tert-OH is 1. The maximum atomic E-state index is 12.2. The molecule has 9 heteroatoms. The van der Waals surface area contributed by atoms with Gasteiger partial charge >= 0.3 is 6.09 Å². The van der Waals surface area contributed by atoms with Crippen LogP contribution in [0.3, 0.4) is 0 Å². The Labute approximate surface area is 166 Å². The van der Waals surface area contributed by atoms with Crippen LogP contribution in [0.5, 0.6) is 0 Å². The van der Waals surface area contributed by atoms with Crippen LogP contribution in [0.4, 0.5) is 4.79 Å². The zero-order valence-electron chi connectivity index (χ0n) is 15.4.